The predicted molar refractivity (Wildman–Crippen MR) is 264 cm³/mol. The number of fused-ring (bicyclic) bond motifs is 2. The van der Waals surface area contributed by atoms with Gasteiger partial charge in [0.25, 0.3) is 5.91 Å². The number of phenolic OH excluding ortho intramolecular Hbond substituents is 1. The van der Waals surface area contributed by atoms with Crippen LogP contribution in [0, 0.1) is 6.92 Å². The Bertz CT molecular complexity index is 2950. The number of methoxy groups -OCH3 is 1. The summed E-state index contributed by atoms with van der Waals surface area (Å²) in [6, 6.07) is 35.2. The number of phenols is 1. The van der Waals surface area contributed by atoms with Crippen LogP contribution in [-0.4, -0.2) is 82.3 Å². The number of unbranched alkanes of at least 4 members (excludes halogenated alkanes) is 1. The number of aryl methyl sites for hydroxylation is 2. The van der Waals surface area contributed by atoms with E-state index in [0.717, 1.165) is 77.5 Å². The Morgan fingerprint density at radius 1 is 0.910 bits per heavy atom. The van der Waals surface area contributed by atoms with E-state index in [-0.39, 0.29) is 17.3 Å². The number of urea groups is 1. The second-order valence-electron chi connectivity index (χ2n) is 17.7. The maximum absolute atomic E-state index is 13.7. The lowest BCUT2D eigenvalue weighted by Crippen LogP contribution is -2.44. The molecule has 0 aliphatic carbocycles. The molecule has 0 saturated carbocycles. The molecule has 0 radical (unpaired) electrons. The summed E-state index contributed by atoms with van der Waals surface area (Å²) < 4.78 is 5.42. The Morgan fingerprint density at radius 3 is 2.46 bits per heavy atom. The van der Waals surface area contributed by atoms with Crippen LogP contribution in [0.1, 0.15) is 87.0 Å². The second-order valence-corrected chi connectivity index (χ2v) is 17.7. The molecule has 3 heterocycles. The van der Waals surface area contributed by atoms with E-state index in [2.05, 4.69) is 75.2 Å². The number of nitrogens with zero attached hydrogens (tertiary/aromatic N) is 3. The summed E-state index contributed by atoms with van der Waals surface area (Å²) in [7, 11) is 3.48. The monoisotopic (exact) mass is 901 g/mol. The average Bonchev–Trinajstić information content (AvgIpc) is 3.33. The number of nitrogens with one attached hydrogen (secondary N) is 3. The van der Waals surface area contributed by atoms with E-state index < -0.39 is 12.0 Å². The highest BCUT2D eigenvalue weighted by molar-refractivity contribution is 6.08. The van der Waals surface area contributed by atoms with E-state index in [1.165, 1.54) is 29.5 Å². The number of H-pyrrole nitrogens is 1. The van der Waals surface area contributed by atoms with Gasteiger partial charge in [-0.15, -0.1) is 0 Å². The van der Waals surface area contributed by atoms with Crippen LogP contribution in [0.25, 0.3) is 21.8 Å². The molecule has 2 aromatic heterocycles. The van der Waals surface area contributed by atoms with Gasteiger partial charge in [0.2, 0.25) is 5.56 Å². The highest BCUT2D eigenvalue weighted by Gasteiger charge is 2.26. The van der Waals surface area contributed by atoms with E-state index in [9.17, 15) is 24.6 Å². The van der Waals surface area contributed by atoms with E-state index in [1.807, 2.05) is 49.2 Å². The first-order valence-corrected chi connectivity index (χ1v) is 23.0. The van der Waals surface area contributed by atoms with Crippen molar-refractivity contribution in [2.75, 3.05) is 45.7 Å². The SMILES string of the molecule is COc1cccc(Nc2c(C(N)=O)cnc3c(C)cc(Cc4cccc(CN(C)C(=O)N5CCC(c6ccc(CCCCNC[C@H](O)c7ccc(O)c8[nH]c(=O)ccc78)cc6)CC5)c4)cc23)c1. The minimum absolute atomic E-state index is 0.0225. The Balaban J connectivity index is 0.798. The first-order chi connectivity index (χ1) is 32.4. The number of aromatic nitrogens is 2. The molecule has 1 aliphatic heterocycles. The van der Waals surface area contributed by atoms with Crippen molar-refractivity contribution in [3.63, 3.8) is 0 Å². The number of benzene rings is 5. The number of rotatable bonds is 17. The van der Waals surface area contributed by atoms with Gasteiger partial charge >= 0.3 is 6.03 Å². The van der Waals surface area contributed by atoms with Gasteiger partial charge in [0.15, 0.2) is 0 Å². The van der Waals surface area contributed by atoms with Gasteiger partial charge in [-0.25, -0.2) is 4.79 Å². The van der Waals surface area contributed by atoms with Crippen molar-refractivity contribution in [1.29, 1.82) is 0 Å². The molecule has 5 aromatic carbocycles. The van der Waals surface area contributed by atoms with Crippen LogP contribution in [0.15, 0.2) is 120 Å². The third-order valence-corrected chi connectivity index (χ3v) is 12.9. The number of ether oxygens (including phenoxy) is 1. The molecule has 13 nitrogen and oxygen atoms in total. The smallest absolute Gasteiger partial charge is 0.320 e. The van der Waals surface area contributed by atoms with Crippen LogP contribution in [-0.2, 0) is 19.4 Å². The molecule has 0 bridgehead atoms. The predicted octanol–water partition coefficient (Wildman–Crippen LogP) is 8.61. The minimum atomic E-state index is -0.776. The molecule has 0 spiro atoms. The average molecular weight is 902 g/mol. The normalized spacial score (nSPS) is 13.5. The Hall–Kier alpha value is -7.22. The van der Waals surface area contributed by atoms with Crippen LogP contribution in [0.5, 0.6) is 11.5 Å². The Kier molecular flexibility index (Phi) is 14.5. The van der Waals surface area contributed by atoms with Gasteiger partial charge in [-0.3, -0.25) is 14.6 Å². The lowest BCUT2D eigenvalue weighted by Gasteiger charge is -2.35. The zero-order valence-corrected chi connectivity index (χ0v) is 38.3. The lowest BCUT2D eigenvalue weighted by atomic mass is 9.89. The highest BCUT2D eigenvalue weighted by atomic mass is 16.5. The molecule has 7 aromatic rings. The molecule has 0 unspecified atom stereocenters. The van der Waals surface area contributed by atoms with Crippen LogP contribution >= 0.6 is 0 Å². The molecular formula is C54H59N7O6. The van der Waals surface area contributed by atoms with Gasteiger partial charge in [-0.1, -0.05) is 66.7 Å². The number of amides is 3. The number of carbonyl (C=O) groups is 2. The molecule has 7 N–H and O–H groups in total. The van der Waals surface area contributed by atoms with Crippen molar-refractivity contribution in [3.05, 3.63) is 170 Å². The first-order valence-electron chi connectivity index (χ1n) is 23.0. The van der Waals surface area contributed by atoms with Gasteiger partial charge in [-0.2, -0.15) is 0 Å². The van der Waals surface area contributed by atoms with Gasteiger partial charge in [0.1, 0.15) is 11.5 Å². The largest absolute Gasteiger partial charge is 0.506 e. The summed E-state index contributed by atoms with van der Waals surface area (Å²) in [5, 5.41) is 29.1. The number of nitrogens with two attached hydrogens (primary N) is 1. The number of hydrogen-bond acceptors (Lipinski definition) is 9. The standard InChI is InChI=1S/C54H59N7O6/c1-34-26-38(29-45-50(34)57-31-46(53(55)65)51(45)58-41-11-7-12-42(30-41)67-3)28-36-9-6-10-37(27-36)33-60(2)54(66)61-24-21-40(22-25-61)39-15-13-35(14-16-39)8-4-5-23-56-32-48(63)43-17-19-47(62)52-44(43)18-20-49(64)59-52/h6-7,9-20,26-27,29-31,40,48,56,62-63H,4-5,8,21-25,28,32-33H2,1-3H3,(H2,55,65)(H,57,58)(H,59,64)/t48-/m0/s1. The number of anilines is 2. The number of hydrogen-bond donors (Lipinski definition) is 6. The summed E-state index contributed by atoms with van der Waals surface area (Å²) in [5.74, 6) is 0.503. The van der Waals surface area contributed by atoms with Gasteiger partial charge in [0.05, 0.1) is 35.5 Å². The fourth-order valence-corrected chi connectivity index (χ4v) is 9.32. The van der Waals surface area contributed by atoms with Crippen molar-refractivity contribution in [3.8, 4) is 11.5 Å². The molecule has 1 saturated heterocycles. The van der Waals surface area contributed by atoms with E-state index >= 15 is 0 Å². The number of piperidine rings is 1. The number of aliphatic hydroxyl groups is 1. The summed E-state index contributed by atoms with van der Waals surface area (Å²) >= 11 is 0. The van der Waals surface area contributed by atoms with Gasteiger partial charge in [-0.05, 0) is 127 Å². The molecule has 346 valence electrons. The Labute approximate surface area is 390 Å². The quantitative estimate of drug-likeness (QED) is 0.0487. The maximum Gasteiger partial charge on any atom is 0.320 e. The highest BCUT2D eigenvalue weighted by Crippen LogP contribution is 2.34. The number of carbonyl (C=O) groups excluding carboxylic acids is 2. The molecule has 1 atom stereocenters. The summed E-state index contributed by atoms with van der Waals surface area (Å²) in [6.45, 7) is 5.06. The molecule has 1 aliphatic rings. The summed E-state index contributed by atoms with van der Waals surface area (Å²) in [6.07, 6.45) is 6.17. The molecule has 67 heavy (non-hydrogen) atoms. The topological polar surface area (TPSA) is 186 Å². The van der Waals surface area contributed by atoms with Crippen molar-refractivity contribution >= 4 is 45.1 Å². The lowest BCUT2D eigenvalue weighted by molar-refractivity contribution is 0.100. The number of aromatic hydroxyl groups is 1. The van der Waals surface area contributed by atoms with Crippen LogP contribution < -0.4 is 26.7 Å². The fraction of sp³-hybridized carbons (Fsp3) is 0.296. The number of primary amides is 1. The number of aliphatic hydroxyl groups excluding tert-OH is 1. The van der Waals surface area contributed by atoms with Crippen LogP contribution in [0.3, 0.4) is 0 Å². The molecule has 8 rings (SSSR count). The Morgan fingerprint density at radius 2 is 1.69 bits per heavy atom. The maximum atomic E-state index is 13.7. The third kappa shape index (κ3) is 11.1. The van der Waals surface area contributed by atoms with Gasteiger partial charge in [0, 0.05) is 68.0 Å². The van der Waals surface area contributed by atoms with Crippen molar-refractivity contribution < 1.29 is 24.5 Å². The summed E-state index contributed by atoms with van der Waals surface area (Å²) in [4.78, 5) is 49.1. The second kappa shape index (κ2) is 21.0. The van der Waals surface area contributed by atoms with Crippen molar-refractivity contribution in [1.82, 2.24) is 25.1 Å². The number of pyridine rings is 2. The van der Waals surface area contributed by atoms with Gasteiger partial charge < -0.3 is 46.1 Å². The molecule has 3 amide bonds. The zero-order chi connectivity index (χ0) is 47.0. The van der Waals surface area contributed by atoms with E-state index in [0.29, 0.717) is 72.0 Å². The zero-order valence-electron chi connectivity index (χ0n) is 38.3. The number of likely N-dealkylation sites (tertiary alicyclic amines) is 1. The van der Waals surface area contributed by atoms with Crippen LogP contribution in [0.4, 0.5) is 16.2 Å². The third-order valence-electron chi connectivity index (χ3n) is 12.9. The number of aromatic amines is 1. The molecular weight excluding hydrogens is 843 g/mol. The summed E-state index contributed by atoms with van der Waals surface area (Å²) in [5.41, 5.74) is 15.8. The molecule has 13 heteroatoms. The van der Waals surface area contributed by atoms with Crippen LogP contribution in [0.2, 0.25) is 0 Å². The van der Waals surface area contributed by atoms with E-state index in [1.54, 1.807) is 24.1 Å². The minimum Gasteiger partial charge on any atom is -0.506 e. The fourth-order valence-electron chi connectivity index (χ4n) is 9.32. The van der Waals surface area contributed by atoms with Crippen molar-refractivity contribution in [2.45, 2.75) is 64.0 Å². The first kappa shape index (κ1) is 46.3. The van der Waals surface area contributed by atoms with Crippen molar-refractivity contribution in [2.24, 2.45) is 5.73 Å². The molecule has 1 fully saturated rings. The van der Waals surface area contributed by atoms with E-state index in [4.69, 9.17) is 10.5 Å².